The lowest BCUT2D eigenvalue weighted by atomic mass is 10.0. The fourth-order valence-electron chi connectivity index (χ4n) is 4.35. The second-order valence-electron chi connectivity index (χ2n) is 8.31. The van der Waals surface area contributed by atoms with Crippen LogP contribution in [0.2, 0.25) is 0 Å². The Bertz CT molecular complexity index is 1290. The van der Waals surface area contributed by atoms with Gasteiger partial charge in [-0.25, -0.2) is 0 Å². The van der Waals surface area contributed by atoms with Crippen molar-refractivity contribution in [3.8, 4) is 5.69 Å². The third-order valence-electron chi connectivity index (χ3n) is 5.96. The summed E-state index contributed by atoms with van der Waals surface area (Å²) in [6.45, 7) is 2.19. The quantitative estimate of drug-likeness (QED) is 0.399. The first-order chi connectivity index (χ1) is 16.6. The van der Waals surface area contributed by atoms with E-state index in [0.717, 1.165) is 22.8 Å². The smallest absolute Gasteiger partial charge is 0.244 e. The number of rotatable bonds is 6. The third kappa shape index (κ3) is 4.43. The van der Waals surface area contributed by atoms with E-state index < -0.39 is 0 Å². The Kier molecular flexibility index (Phi) is 6.10. The van der Waals surface area contributed by atoms with Crippen molar-refractivity contribution in [1.29, 1.82) is 0 Å². The molecule has 5 rings (SSSR count). The first-order valence-electron chi connectivity index (χ1n) is 11.2. The molecule has 3 heterocycles. The molecule has 2 aromatic carbocycles. The van der Waals surface area contributed by atoms with Gasteiger partial charge in [0.1, 0.15) is 6.54 Å². The highest BCUT2D eigenvalue weighted by molar-refractivity contribution is 7.80. The maximum absolute atomic E-state index is 13.0. The Morgan fingerprint density at radius 3 is 2.50 bits per heavy atom. The van der Waals surface area contributed by atoms with Gasteiger partial charge in [0, 0.05) is 29.5 Å². The van der Waals surface area contributed by atoms with Crippen LogP contribution in [0.15, 0.2) is 97.3 Å². The molecule has 0 spiro atoms. The summed E-state index contributed by atoms with van der Waals surface area (Å²) < 4.78 is 2.15. The van der Waals surface area contributed by atoms with Crippen molar-refractivity contribution >= 4 is 28.9 Å². The van der Waals surface area contributed by atoms with Crippen LogP contribution in [0, 0.1) is 6.92 Å². The minimum Gasteiger partial charge on any atom is -0.352 e. The lowest BCUT2D eigenvalue weighted by Gasteiger charge is -2.28. The number of anilines is 1. The maximum Gasteiger partial charge on any atom is 0.244 e. The maximum atomic E-state index is 13.0. The average molecular weight is 468 g/mol. The minimum atomic E-state index is -0.222. The molecule has 0 radical (unpaired) electrons. The molecule has 2 aromatic heterocycles. The Morgan fingerprint density at radius 2 is 1.76 bits per heavy atom. The van der Waals surface area contributed by atoms with E-state index in [4.69, 9.17) is 12.2 Å². The zero-order valence-corrected chi connectivity index (χ0v) is 19.6. The van der Waals surface area contributed by atoms with Crippen LogP contribution in [-0.2, 0) is 4.79 Å². The van der Waals surface area contributed by atoms with Gasteiger partial charge in [-0.1, -0.05) is 42.0 Å². The highest BCUT2D eigenvalue weighted by atomic mass is 32.1. The van der Waals surface area contributed by atoms with Gasteiger partial charge < -0.3 is 20.1 Å². The Balaban J connectivity index is 1.51. The number of carbonyl (C=O) groups excluding carboxylic acids is 1. The molecule has 1 aliphatic heterocycles. The molecular weight excluding hydrogens is 442 g/mol. The van der Waals surface area contributed by atoms with Gasteiger partial charge in [0.25, 0.3) is 0 Å². The zero-order valence-electron chi connectivity index (χ0n) is 18.8. The van der Waals surface area contributed by atoms with Crippen molar-refractivity contribution in [3.05, 3.63) is 114 Å². The van der Waals surface area contributed by atoms with Crippen molar-refractivity contribution in [2.75, 3.05) is 11.9 Å². The molecule has 1 saturated heterocycles. The van der Waals surface area contributed by atoms with Gasteiger partial charge in [-0.15, -0.1) is 0 Å². The van der Waals surface area contributed by atoms with E-state index in [-0.39, 0.29) is 24.5 Å². The summed E-state index contributed by atoms with van der Waals surface area (Å²) in [6.07, 6.45) is 3.82. The second-order valence-corrected chi connectivity index (χ2v) is 8.69. The van der Waals surface area contributed by atoms with E-state index in [1.807, 2.05) is 65.7 Å². The summed E-state index contributed by atoms with van der Waals surface area (Å²) in [5.41, 5.74) is 4.91. The Morgan fingerprint density at radius 1 is 1.00 bits per heavy atom. The molecule has 0 bridgehead atoms. The number of hydrogen-bond acceptors (Lipinski definition) is 3. The number of amides is 1. The highest BCUT2D eigenvalue weighted by Crippen LogP contribution is 2.39. The molecule has 0 unspecified atom stereocenters. The summed E-state index contributed by atoms with van der Waals surface area (Å²) in [7, 11) is 0. The number of aryl methyl sites for hydroxylation is 1. The minimum absolute atomic E-state index is 0.119. The number of nitrogens with zero attached hydrogens (tertiary/aromatic N) is 3. The lowest BCUT2D eigenvalue weighted by Crippen LogP contribution is -2.37. The third-order valence-corrected chi connectivity index (χ3v) is 6.32. The summed E-state index contributed by atoms with van der Waals surface area (Å²) >= 11 is 5.73. The SMILES string of the molecule is Cc1ccc(-n2cccc2[C@@H]2[C@H](c3ccccn3)NC(=S)N2CC(=O)Nc2ccccc2)cc1. The van der Waals surface area contributed by atoms with Gasteiger partial charge in [-0.05, 0) is 67.7 Å². The van der Waals surface area contributed by atoms with Crippen LogP contribution in [0.5, 0.6) is 0 Å². The molecule has 7 heteroatoms. The number of benzene rings is 2. The van der Waals surface area contributed by atoms with Crippen LogP contribution in [0.25, 0.3) is 5.69 Å². The van der Waals surface area contributed by atoms with Crippen molar-refractivity contribution in [2.24, 2.45) is 0 Å². The monoisotopic (exact) mass is 467 g/mol. The highest BCUT2D eigenvalue weighted by Gasteiger charge is 2.42. The molecular formula is C27H25N5OS. The molecule has 0 saturated carbocycles. The van der Waals surface area contributed by atoms with Crippen LogP contribution < -0.4 is 10.6 Å². The predicted octanol–water partition coefficient (Wildman–Crippen LogP) is 4.79. The van der Waals surface area contributed by atoms with E-state index in [1.54, 1.807) is 6.20 Å². The zero-order chi connectivity index (χ0) is 23.5. The molecule has 170 valence electrons. The van der Waals surface area contributed by atoms with E-state index in [1.165, 1.54) is 5.56 Å². The van der Waals surface area contributed by atoms with Gasteiger partial charge in [0.15, 0.2) is 5.11 Å². The van der Waals surface area contributed by atoms with E-state index >= 15 is 0 Å². The van der Waals surface area contributed by atoms with Gasteiger partial charge in [0.2, 0.25) is 5.91 Å². The summed E-state index contributed by atoms with van der Waals surface area (Å²) in [6, 6.07) is 27.4. The summed E-state index contributed by atoms with van der Waals surface area (Å²) in [4.78, 5) is 19.5. The van der Waals surface area contributed by atoms with Gasteiger partial charge in [-0.3, -0.25) is 9.78 Å². The van der Waals surface area contributed by atoms with Crippen molar-refractivity contribution in [1.82, 2.24) is 19.8 Å². The molecule has 1 amide bonds. The topological polar surface area (TPSA) is 62.2 Å². The summed E-state index contributed by atoms with van der Waals surface area (Å²) in [5, 5.41) is 6.92. The number of para-hydroxylation sites is 1. The van der Waals surface area contributed by atoms with Crippen LogP contribution in [0.3, 0.4) is 0 Å². The van der Waals surface area contributed by atoms with Crippen LogP contribution in [-0.4, -0.2) is 32.0 Å². The second kappa shape index (κ2) is 9.49. The molecule has 2 N–H and O–H groups in total. The number of carbonyl (C=O) groups is 1. The number of aromatic nitrogens is 2. The molecule has 4 aromatic rings. The fourth-order valence-corrected chi connectivity index (χ4v) is 4.65. The molecule has 1 fully saturated rings. The van der Waals surface area contributed by atoms with Crippen molar-refractivity contribution in [2.45, 2.75) is 19.0 Å². The number of nitrogens with one attached hydrogen (secondary N) is 2. The van der Waals surface area contributed by atoms with Gasteiger partial charge in [0.05, 0.1) is 17.8 Å². The molecule has 0 aliphatic carbocycles. The molecule has 2 atom stereocenters. The normalized spacial score (nSPS) is 17.4. The number of thiocarbonyl (C=S) groups is 1. The number of hydrogen-bond donors (Lipinski definition) is 2. The number of pyridine rings is 1. The van der Waals surface area contributed by atoms with E-state index in [9.17, 15) is 4.79 Å². The largest absolute Gasteiger partial charge is 0.352 e. The molecule has 6 nitrogen and oxygen atoms in total. The van der Waals surface area contributed by atoms with Crippen LogP contribution in [0.4, 0.5) is 5.69 Å². The first kappa shape index (κ1) is 21.9. The van der Waals surface area contributed by atoms with E-state index in [2.05, 4.69) is 57.4 Å². The lowest BCUT2D eigenvalue weighted by molar-refractivity contribution is -0.116. The average Bonchev–Trinajstić information content (AvgIpc) is 3.45. The predicted molar refractivity (Wildman–Crippen MR) is 138 cm³/mol. The van der Waals surface area contributed by atoms with Crippen molar-refractivity contribution < 1.29 is 4.79 Å². The molecule has 1 aliphatic rings. The Hall–Kier alpha value is -3.97. The first-order valence-corrected chi connectivity index (χ1v) is 11.6. The summed E-state index contributed by atoms with van der Waals surface area (Å²) in [5.74, 6) is -0.129. The van der Waals surface area contributed by atoms with Crippen LogP contribution in [0.1, 0.15) is 29.0 Å². The van der Waals surface area contributed by atoms with Crippen molar-refractivity contribution in [3.63, 3.8) is 0 Å². The molecule has 34 heavy (non-hydrogen) atoms. The standard InChI is InChI=1S/C27H25N5OS/c1-19-12-14-21(15-13-19)31-17-7-11-23(31)26-25(22-10-5-6-16-28-22)30-27(34)32(26)18-24(33)29-20-8-3-2-4-9-20/h2-17,25-26H,18H2,1H3,(H,29,33)(H,30,34)/t25-,26+/m0/s1. The van der Waals surface area contributed by atoms with Gasteiger partial charge in [-0.2, -0.15) is 0 Å². The van der Waals surface area contributed by atoms with Crippen LogP contribution >= 0.6 is 12.2 Å². The Labute approximate surface area is 204 Å². The van der Waals surface area contributed by atoms with Gasteiger partial charge >= 0.3 is 0 Å². The van der Waals surface area contributed by atoms with E-state index in [0.29, 0.717) is 5.11 Å². The fraction of sp³-hybridized carbons (Fsp3) is 0.148.